The quantitative estimate of drug-likeness (QED) is 0.837. The van der Waals surface area contributed by atoms with Gasteiger partial charge in [0, 0.05) is 17.8 Å². The first-order chi connectivity index (χ1) is 12.6. The molecule has 0 spiro atoms. The summed E-state index contributed by atoms with van der Waals surface area (Å²) in [6.07, 6.45) is 5.89. The van der Waals surface area contributed by atoms with Gasteiger partial charge in [0.15, 0.2) is 0 Å². The molecule has 0 atom stereocenters. The van der Waals surface area contributed by atoms with E-state index in [9.17, 15) is 4.79 Å². The van der Waals surface area contributed by atoms with Crippen molar-refractivity contribution >= 4 is 5.91 Å². The van der Waals surface area contributed by atoms with E-state index in [1.165, 1.54) is 0 Å². The number of nitrogens with zero attached hydrogens (tertiary/aromatic N) is 1. The molecule has 1 aliphatic rings. The van der Waals surface area contributed by atoms with Crippen LogP contribution in [0.5, 0.6) is 5.75 Å². The van der Waals surface area contributed by atoms with Gasteiger partial charge in [-0.1, -0.05) is 6.07 Å². The van der Waals surface area contributed by atoms with Crippen LogP contribution >= 0.6 is 0 Å². The summed E-state index contributed by atoms with van der Waals surface area (Å²) in [5.74, 6) is 0.582. The third-order valence-electron chi connectivity index (χ3n) is 5.64. The Morgan fingerprint density at radius 3 is 2.65 bits per heavy atom. The van der Waals surface area contributed by atoms with Gasteiger partial charge in [-0.3, -0.25) is 9.78 Å². The maximum atomic E-state index is 12.4. The SMILES string of the molecule is CNC1CCC(Cc2cc(-c3ccccn3)ccc2OC)(C(N)=O)CC1. The molecule has 138 valence electrons. The van der Waals surface area contributed by atoms with E-state index in [4.69, 9.17) is 10.5 Å². The third-order valence-corrected chi connectivity index (χ3v) is 5.64. The molecule has 3 rings (SSSR count). The van der Waals surface area contributed by atoms with Crippen molar-refractivity contribution in [2.75, 3.05) is 14.2 Å². The molecule has 1 aliphatic carbocycles. The second-order valence-electron chi connectivity index (χ2n) is 7.13. The number of nitrogens with one attached hydrogen (secondary N) is 1. The highest BCUT2D eigenvalue weighted by Crippen LogP contribution is 2.41. The second-order valence-corrected chi connectivity index (χ2v) is 7.13. The van der Waals surface area contributed by atoms with Crippen LogP contribution < -0.4 is 15.8 Å². The van der Waals surface area contributed by atoms with Crippen molar-refractivity contribution < 1.29 is 9.53 Å². The van der Waals surface area contributed by atoms with Crippen molar-refractivity contribution in [2.45, 2.75) is 38.1 Å². The van der Waals surface area contributed by atoms with E-state index in [0.717, 1.165) is 48.3 Å². The van der Waals surface area contributed by atoms with E-state index in [2.05, 4.69) is 16.4 Å². The van der Waals surface area contributed by atoms with E-state index in [1.807, 2.05) is 37.4 Å². The van der Waals surface area contributed by atoms with Gasteiger partial charge in [0.05, 0.1) is 18.2 Å². The minimum Gasteiger partial charge on any atom is -0.496 e. The van der Waals surface area contributed by atoms with Crippen LogP contribution in [-0.2, 0) is 11.2 Å². The first-order valence-electron chi connectivity index (χ1n) is 9.13. The Balaban J connectivity index is 1.93. The third kappa shape index (κ3) is 3.73. The maximum Gasteiger partial charge on any atom is 0.223 e. The minimum atomic E-state index is -0.511. The highest BCUT2D eigenvalue weighted by Gasteiger charge is 2.40. The number of nitrogens with two attached hydrogens (primary N) is 1. The lowest BCUT2D eigenvalue weighted by Crippen LogP contribution is -2.45. The molecule has 1 amide bonds. The van der Waals surface area contributed by atoms with Crippen LogP contribution in [0.2, 0.25) is 0 Å². The summed E-state index contributed by atoms with van der Waals surface area (Å²) in [4.78, 5) is 16.8. The predicted octanol–water partition coefficient (Wildman–Crippen LogP) is 2.93. The summed E-state index contributed by atoms with van der Waals surface area (Å²) in [5.41, 5.74) is 8.29. The highest BCUT2D eigenvalue weighted by atomic mass is 16.5. The minimum absolute atomic E-state index is 0.211. The Morgan fingerprint density at radius 1 is 1.31 bits per heavy atom. The number of rotatable bonds is 6. The number of carbonyl (C=O) groups excluding carboxylic acids is 1. The first-order valence-corrected chi connectivity index (χ1v) is 9.13. The van der Waals surface area contributed by atoms with Gasteiger partial charge in [-0.15, -0.1) is 0 Å². The molecule has 1 saturated carbocycles. The predicted molar refractivity (Wildman–Crippen MR) is 103 cm³/mol. The zero-order chi connectivity index (χ0) is 18.6. The molecule has 0 unspecified atom stereocenters. The number of hydrogen-bond acceptors (Lipinski definition) is 4. The lowest BCUT2D eigenvalue weighted by Gasteiger charge is -2.38. The van der Waals surface area contributed by atoms with Gasteiger partial charge in [0.2, 0.25) is 5.91 Å². The van der Waals surface area contributed by atoms with Crippen LogP contribution in [0.4, 0.5) is 0 Å². The van der Waals surface area contributed by atoms with Gasteiger partial charge in [-0.2, -0.15) is 0 Å². The lowest BCUT2D eigenvalue weighted by molar-refractivity contribution is -0.129. The standard InChI is InChI=1S/C21H27N3O2/c1-23-17-8-10-21(11-9-17,20(22)25)14-16-13-15(6-7-19(16)26-2)18-5-3-4-12-24-18/h3-7,12-13,17,23H,8-11,14H2,1-2H3,(H2,22,25). The maximum absolute atomic E-state index is 12.4. The fraction of sp³-hybridized carbons (Fsp3) is 0.429. The average Bonchev–Trinajstić information content (AvgIpc) is 2.69. The first kappa shape index (κ1) is 18.4. The molecule has 3 N–H and O–H groups in total. The number of methoxy groups -OCH3 is 1. The Hall–Kier alpha value is -2.40. The smallest absolute Gasteiger partial charge is 0.223 e. The Labute approximate surface area is 155 Å². The topological polar surface area (TPSA) is 77.2 Å². The Kier molecular flexibility index (Phi) is 5.57. The van der Waals surface area contributed by atoms with Crippen molar-refractivity contribution in [3.63, 3.8) is 0 Å². The van der Waals surface area contributed by atoms with E-state index < -0.39 is 5.41 Å². The van der Waals surface area contributed by atoms with Crippen molar-refractivity contribution in [2.24, 2.45) is 11.1 Å². The van der Waals surface area contributed by atoms with Crippen molar-refractivity contribution in [1.29, 1.82) is 0 Å². The Bertz CT molecular complexity index is 753. The van der Waals surface area contributed by atoms with Crippen LogP contribution in [0.25, 0.3) is 11.3 Å². The number of pyridine rings is 1. The summed E-state index contributed by atoms with van der Waals surface area (Å²) in [7, 11) is 3.63. The molecule has 0 bridgehead atoms. The number of primary amides is 1. The van der Waals surface area contributed by atoms with Gasteiger partial charge < -0.3 is 15.8 Å². The molecule has 26 heavy (non-hydrogen) atoms. The van der Waals surface area contributed by atoms with E-state index in [1.54, 1.807) is 13.3 Å². The molecule has 1 heterocycles. The van der Waals surface area contributed by atoms with Gasteiger partial charge in [0.25, 0.3) is 0 Å². The molecule has 1 fully saturated rings. The number of aromatic nitrogens is 1. The average molecular weight is 353 g/mol. The summed E-state index contributed by atoms with van der Waals surface area (Å²) in [6, 6.07) is 12.3. The monoisotopic (exact) mass is 353 g/mol. The van der Waals surface area contributed by atoms with Gasteiger partial charge in [-0.05, 0) is 75.0 Å². The van der Waals surface area contributed by atoms with Crippen LogP contribution in [0.1, 0.15) is 31.2 Å². The molecular weight excluding hydrogens is 326 g/mol. The molecule has 0 saturated heterocycles. The zero-order valence-corrected chi connectivity index (χ0v) is 15.5. The summed E-state index contributed by atoms with van der Waals surface area (Å²) < 4.78 is 5.56. The van der Waals surface area contributed by atoms with Gasteiger partial charge in [-0.25, -0.2) is 0 Å². The molecule has 5 nitrogen and oxygen atoms in total. The molecule has 5 heteroatoms. The molecule has 2 aromatic rings. The largest absolute Gasteiger partial charge is 0.496 e. The zero-order valence-electron chi connectivity index (χ0n) is 15.5. The normalized spacial score (nSPS) is 22.8. The van der Waals surface area contributed by atoms with Gasteiger partial charge in [0.1, 0.15) is 5.75 Å². The van der Waals surface area contributed by atoms with Crippen LogP contribution in [-0.4, -0.2) is 31.1 Å². The summed E-state index contributed by atoms with van der Waals surface area (Å²) >= 11 is 0. The molecule has 0 aliphatic heterocycles. The van der Waals surface area contributed by atoms with E-state index in [0.29, 0.717) is 12.5 Å². The molecular formula is C21H27N3O2. The molecule has 1 aromatic carbocycles. The van der Waals surface area contributed by atoms with E-state index >= 15 is 0 Å². The second kappa shape index (κ2) is 7.87. The number of amides is 1. The van der Waals surface area contributed by atoms with Crippen LogP contribution in [0, 0.1) is 5.41 Å². The number of benzene rings is 1. The molecule has 1 aromatic heterocycles. The molecule has 0 radical (unpaired) electrons. The van der Waals surface area contributed by atoms with Crippen LogP contribution in [0.3, 0.4) is 0 Å². The van der Waals surface area contributed by atoms with E-state index in [-0.39, 0.29) is 5.91 Å². The number of ether oxygens (including phenoxy) is 1. The highest BCUT2D eigenvalue weighted by molar-refractivity contribution is 5.81. The number of hydrogen-bond donors (Lipinski definition) is 2. The summed E-state index contributed by atoms with van der Waals surface area (Å²) in [5, 5.41) is 3.31. The van der Waals surface area contributed by atoms with Crippen molar-refractivity contribution in [3.05, 3.63) is 48.2 Å². The fourth-order valence-electron chi connectivity index (χ4n) is 3.94. The van der Waals surface area contributed by atoms with Gasteiger partial charge >= 0.3 is 0 Å². The summed E-state index contributed by atoms with van der Waals surface area (Å²) in [6.45, 7) is 0. The van der Waals surface area contributed by atoms with Crippen molar-refractivity contribution in [3.8, 4) is 17.0 Å². The fourth-order valence-corrected chi connectivity index (χ4v) is 3.94. The number of carbonyl (C=O) groups is 1. The van der Waals surface area contributed by atoms with Crippen molar-refractivity contribution in [1.82, 2.24) is 10.3 Å². The Morgan fingerprint density at radius 2 is 2.08 bits per heavy atom. The lowest BCUT2D eigenvalue weighted by atomic mass is 9.68. The van der Waals surface area contributed by atoms with Crippen LogP contribution in [0.15, 0.2) is 42.6 Å².